The maximum Gasteiger partial charge on any atom is 0.422 e. The lowest BCUT2D eigenvalue weighted by Crippen LogP contribution is -2.56. The smallest absolute Gasteiger partial charge is 0.422 e. The van der Waals surface area contributed by atoms with Crippen molar-refractivity contribution in [3.8, 4) is 11.6 Å². The third kappa shape index (κ3) is 7.29. The quantitative estimate of drug-likeness (QED) is 0.362. The fourth-order valence-corrected chi connectivity index (χ4v) is 4.59. The van der Waals surface area contributed by atoms with Crippen LogP contribution in [0.15, 0.2) is 42.7 Å². The number of halogens is 6. The van der Waals surface area contributed by atoms with Crippen LogP contribution in [0.4, 0.5) is 39.0 Å². The number of sulfonamides is 1. The van der Waals surface area contributed by atoms with Gasteiger partial charge in [-0.25, -0.2) is 22.2 Å². The molecule has 3 heterocycles. The van der Waals surface area contributed by atoms with Crippen LogP contribution in [0.1, 0.15) is 16.1 Å². The summed E-state index contributed by atoms with van der Waals surface area (Å²) in [6, 6.07) is 6.70. The number of rotatable bonds is 8. The zero-order valence-electron chi connectivity index (χ0n) is 20.3. The number of alkyl halides is 5. The standard InChI is InChI=1S/C23H21ClF5N5O4S/c1-13-3-14(21(35)31-16-4-15(24)5-17(6-16)32-39(2,36)37)9-34(13)20-19(38-12-23(27,28)29)7-18(8-30-20)33-10-22(25,26)11-33/h3-9,32H,10-12H2,1-2H3,(H,31,35). The van der Waals surface area contributed by atoms with Gasteiger partial charge in [0.15, 0.2) is 18.2 Å². The molecular formula is C23H21ClF5N5O4S. The molecule has 16 heteroatoms. The van der Waals surface area contributed by atoms with E-state index in [4.69, 9.17) is 16.3 Å². The lowest BCUT2D eigenvalue weighted by Gasteiger charge is -2.40. The molecule has 210 valence electrons. The van der Waals surface area contributed by atoms with Crippen LogP contribution in [0.5, 0.6) is 5.75 Å². The number of ether oxygens (including phenoxy) is 1. The van der Waals surface area contributed by atoms with Gasteiger partial charge in [-0.2, -0.15) is 13.2 Å². The molecule has 9 nitrogen and oxygen atoms in total. The third-order valence-electron chi connectivity index (χ3n) is 5.38. The summed E-state index contributed by atoms with van der Waals surface area (Å²) in [5, 5.41) is 2.72. The van der Waals surface area contributed by atoms with E-state index in [-0.39, 0.29) is 39.2 Å². The Balaban J connectivity index is 1.61. The Labute approximate surface area is 224 Å². The van der Waals surface area contributed by atoms with Gasteiger partial charge in [0.25, 0.3) is 11.8 Å². The van der Waals surface area contributed by atoms with Gasteiger partial charge in [-0.15, -0.1) is 0 Å². The molecule has 0 bridgehead atoms. The van der Waals surface area contributed by atoms with E-state index in [2.05, 4.69) is 15.0 Å². The van der Waals surface area contributed by atoms with Gasteiger partial charge in [0.05, 0.1) is 42.5 Å². The van der Waals surface area contributed by atoms with Crippen LogP contribution in [0.2, 0.25) is 5.02 Å². The molecule has 39 heavy (non-hydrogen) atoms. The van der Waals surface area contributed by atoms with Gasteiger partial charge < -0.3 is 19.5 Å². The summed E-state index contributed by atoms with van der Waals surface area (Å²) in [6.45, 7) is -1.29. The van der Waals surface area contributed by atoms with E-state index in [9.17, 15) is 35.2 Å². The van der Waals surface area contributed by atoms with Crippen molar-refractivity contribution in [1.29, 1.82) is 0 Å². The topological polar surface area (TPSA) is 106 Å². The molecule has 1 aliphatic heterocycles. The van der Waals surface area contributed by atoms with Crippen molar-refractivity contribution in [2.24, 2.45) is 0 Å². The minimum Gasteiger partial charge on any atom is -0.480 e. The SMILES string of the molecule is Cc1cc(C(=O)Nc2cc(Cl)cc(NS(C)(=O)=O)c2)cn1-c1ncc(N2CC(F)(F)C2)cc1OCC(F)(F)F. The van der Waals surface area contributed by atoms with Crippen LogP contribution in [0.3, 0.4) is 0 Å². The Hall–Kier alpha value is -3.59. The number of pyridine rings is 1. The summed E-state index contributed by atoms with van der Waals surface area (Å²) in [5.74, 6) is -3.96. The summed E-state index contributed by atoms with van der Waals surface area (Å²) in [7, 11) is -3.61. The number of aromatic nitrogens is 2. The zero-order valence-corrected chi connectivity index (χ0v) is 21.9. The number of carbonyl (C=O) groups is 1. The van der Waals surface area contributed by atoms with E-state index in [1.54, 1.807) is 6.92 Å². The molecule has 0 unspecified atom stereocenters. The fraction of sp³-hybridized carbons (Fsp3) is 0.304. The average molecular weight is 594 g/mol. The highest BCUT2D eigenvalue weighted by molar-refractivity contribution is 7.92. The fourth-order valence-electron chi connectivity index (χ4n) is 3.80. The number of carbonyl (C=O) groups excluding carboxylic acids is 1. The van der Waals surface area contributed by atoms with Gasteiger partial charge in [-0.05, 0) is 31.2 Å². The first kappa shape index (κ1) is 28.4. The summed E-state index contributed by atoms with van der Waals surface area (Å²) in [6.07, 6.45) is -1.18. The van der Waals surface area contributed by atoms with Gasteiger partial charge in [-0.3, -0.25) is 9.52 Å². The molecule has 0 spiro atoms. The third-order valence-corrected chi connectivity index (χ3v) is 6.21. The van der Waals surface area contributed by atoms with Crippen LogP contribution in [-0.4, -0.2) is 61.9 Å². The average Bonchev–Trinajstić information content (AvgIpc) is 3.15. The van der Waals surface area contributed by atoms with Crippen LogP contribution < -0.4 is 19.7 Å². The number of amides is 1. The van der Waals surface area contributed by atoms with Crippen molar-refractivity contribution >= 4 is 44.6 Å². The van der Waals surface area contributed by atoms with Crippen LogP contribution in [-0.2, 0) is 10.0 Å². The minimum atomic E-state index is -4.67. The van der Waals surface area contributed by atoms with E-state index in [1.807, 2.05) is 0 Å². The summed E-state index contributed by atoms with van der Waals surface area (Å²) >= 11 is 6.02. The number of hydrogen-bond donors (Lipinski definition) is 2. The van der Waals surface area contributed by atoms with E-state index < -0.39 is 47.7 Å². The van der Waals surface area contributed by atoms with Crippen LogP contribution >= 0.6 is 11.6 Å². The molecule has 4 rings (SSSR count). The number of nitrogens with one attached hydrogen (secondary N) is 2. The minimum absolute atomic E-state index is 0.0835. The molecule has 1 aromatic carbocycles. The van der Waals surface area contributed by atoms with E-state index in [0.717, 1.165) is 6.26 Å². The number of aryl methyl sites for hydroxylation is 1. The molecule has 2 N–H and O–H groups in total. The summed E-state index contributed by atoms with van der Waals surface area (Å²) < 4.78 is 96.9. The second-order valence-electron chi connectivity index (χ2n) is 8.93. The Morgan fingerprint density at radius 2 is 1.82 bits per heavy atom. The van der Waals surface area contributed by atoms with Gasteiger partial charge in [0.1, 0.15) is 0 Å². The van der Waals surface area contributed by atoms with Crippen LogP contribution in [0, 0.1) is 6.92 Å². The lowest BCUT2D eigenvalue weighted by molar-refractivity contribution is -0.153. The molecule has 2 aromatic heterocycles. The largest absolute Gasteiger partial charge is 0.480 e. The predicted molar refractivity (Wildman–Crippen MR) is 135 cm³/mol. The molecule has 1 saturated heterocycles. The first-order valence-electron chi connectivity index (χ1n) is 11.1. The highest BCUT2D eigenvalue weighted by Gasteiger charge is 2.44. The Bertz CT molecular complexity index is 1520. The first-order chi connectivity index (χ1) is 18.0. The number of anilines is 3. The molecule has 0 aliphatic carbocycles. The summed E-state index contributed by atoms with van der Waals surface area (Å²) in [4.78, 5) is 18.3. The lowest BCUT2D eigenvalue weighted by atomic mass is 10.1. The second kappa shape index (κ2) is 10.2. The van der Waals surface area contributed by atoms with Crippen molar-refractivity contribution < 1.29 is 39.9 Å². The van der Waals surface area contributed by atoms with Crippen molar-refractivity contribution in [2.45, 2.75) is 19.0 Å². The molecule has 1 fully saturated rings. The Morgan fingerprint density at radius 1 is 1.15 bits per heavy atom. The number of benzene rings is 1. The molecule has 1 amide bonds. The van der Waals surface area contributed by atoms with E-state index in [0.29, 0.717) is 5.69 Å². The Morgan fingerprint density at radius 3 is 2.44 bits per heavy atom. The predicted octanol–water partition coefficient (Wildman–Crippen LogP) is 4.85. The van der Waals surface area contributed by atoms with Gasteiger partial charge >= 0.3 is 6.18 Å². The van der Waals surface area contributed by atoms with Gasteiger partial charge in [-0.1, -0.05) is 11.6 Å². The van der Waals surface area contributed by atoms with Gasteiger partial charge in [0, 0.05) is 28.7 Å². The van der Waals surface area contributed by atoms with Gasteiger partial charge in [0.2, 0.25) is 10.0 Å². The monoisotopic (exact) mass is 593 g/mol. The highest BCUT2D eigenvalue weighted by Crippen LogP contribution is 2.35. The molecule has 3 aromatic rings. The van der Waals surface area contributed by atoms with Crippen molar-refractivity contribution in [1.82, 2.24) is 9.55 Å². The van der Waals surface area contributed by atoms with Crippen LogP contribution in [0.25, 0.3) is 5.82 Å². The molecule has 0 atom stereocenters. The maximum absolute atomic E-state index is 13.3. The molecule has 1 aliphatic rings. The summed E-state index contributed by atoms with van der Waals surface area (Å²) in [5.41, 5.74) is 0.930. The first-order valence-corrected chi connectivity index (χ1v) is 13.4. The number of hydrogen-bond acceptors (Lipinski definition) is 6. The maximum atomic E-state index is 13.3. The van der Waals surface area contributed by atoms with Crippen molar-refractivity contribution in [3.05, 3.63) is 59.0 Å². The van der Waals surface area contributed by atoms with Crippen molar-refractivity contribution in [2.75, 3.05) is 40.9 Å². The van der Waals surface area contributed by atoms with E-state index in [1.165, 1.54) is 52.2 Å². The number of nitrogens with zero attached hydrogens (tertiary/aromatic N) is 3. The van der Waals surface area contributed by atoms with E-state index >= 15 is 0 Å². The molecule has 0 saturated carbocycles. The van der Waals surface area contributed by atoms with Crippen molar-refractivity contribution in [3.63, 3.8) is 0 Å². The molecule has 0 radical (unpaired) electrons. The second-order valence-corrected chi connectivity index (χ2v) is 11.1. The molecular weight excluding hydrogens is 573 g/mol. The highest BCUT2D eigenvalue weighted by atomic mass is 35.5. The normalized spacial score (nSPS) is 15.0. The zero-order chi connectivity index (χ0) is 28.8. The Kier molecular flexibility index (Phi) is 7.42.